The summed E-state index contributed by atoms with van der Waals surface area (Å²) in [7, 11) is 2.87. The number of hydrogen-bond acceptors (Lipinski definition) is 5. The van der Waals surface area contributed by atoms with Crippen molar-refractivity contribution in [2.75, 3.05) is 20.7 Å². The first kappa shape index (κ1) is 22.4. The lowest BCUT2D eigenvalue weighted by molar-refractivity contribution is -0.135. The number of ether oxygens (including phenoxy) is 2. The van der Waals surface area contributed by atoms with E-state index >= 15 is 0 Å². The van der Waals surface area contributed by atoms with E-state index in [4.69, 9.17) is 21.1 Å². The highest BCUT2D eigenvalue weighted by Crippen LogP contribution is 2.30. The number of imide groups is 2. The number of amides is 4. The minimum Gasteiger partial charge on any atom is -0.493 e. The van der Waals surface area contributed by atoms with E-state index in [1.54, 1.807) is 30.3 Å². The van der Waals surface area contributed by atoms with E-state index in [2.05, 4.69) is 0 Å². The third-order valence-corrected chi connectivity index (χ3v) is 5.03. The minimum absolute atomic E-state index is 0.0764. The van der Waals surface area contributed by atoms with E-state index in [9.17, 15) is 14.4 Å². The van der Waals surface area contributed by atoms with Gasteiger partial charge in [-0.15, -0.1) is 0 Å². The lowest BCUT2D eigenvalue weighted by atomic mass is 10.1. The maximum atomic E-state index is 12.7. The van der Waals surface area contributed by atoms with Crippen molar-refractivity contribution in [3.8, 4) is 11.5 Å². The molecule has 31 heavy (non-hydrogen) atoms. The van der Waals surface area contributed by atoms with Crippen molar-refractivity contribution in [3.63, 3.8) is 0 Å². The first-order valence-electron chi connectivity index (χ1n) is 9.76. The number of barbiturate groups is 1. The molecule has 0 unspecified atom stereocenters. The number of methoxy groups -OCH3 is 1. The summed E-state index contributed by atoms with van der Waals surface area (Å²) in [6, 6.07) is 11.8. The van der Waals surface area contributed by atoms with Gasteiger partial charge in [-0.1, -0.05) is 36.7 Å². The van der Waals surface area contributed by atoms with Crippen molar-refractivity contribution in [3.05, 3.63) is 64.2 Å². The van der Waals surface area contributed by atoms with Gasteiger partial charge in [-0.3, -0.25) is 19.4 Å². The number of rotatable bonds is 7. The molecule has 1 aliphatic rings. The van der Waals surface area contributed by atoms with Crippen molar-refractivity contribution in [2.24, 2.45) is 0 Å². The van der Waals surface area contributed by atoms with E-state index in [0.29, 0.717) is 35.1 Å². The van der Waals surface area contributed by atoms with Gasteiger partial charge in [0.05, 0.1) is 7.11 Å². The lowest BCUT2D eigenvalue weighted by Gasteiger charge is -2.31. The second-order valence-electron chi connectivity index (χ2n) is 6.99. The van der Waals surface area contributed by atoms with Crippen molar-refractivity contribution in [2.45, 2.75) is 20.0 Å². The molecule has 0 radical (unpaired) electrons. The van der Waals surface area contributed by atoms with Crippen LogP contribution in [0.2, 0.25) is 5.02 Å². The largest absolute Gasteiger partial charge is 0.493 e. The maximum absolute atomic E-state index is 12.7. The number of hydrogen-bond donors (Lipinski definition) is 0. The topological polar surface area (TPSA) is 76.2 Å². The van der Waals surface area contributed by atoms with Crippen LogP contribution in [-0.2, 0) is 16.2 Å². The number of halogens is 1. The number of likely N-dealkylation sites (N-methyl/N-ethyl adjacent to an activating group) is 1. The smallest absolute Gasteiger partial charge is 0.333 e. The summed E-state index contributed by atoms with van der Waals surface area (Å²) < 4.78 is 11.3. The zero-order valence-corrected chi connectivity index (χ0v) is 18.3. The third-order valence-electron chi connectivity index (χ3n) is 4.78. The van der Waals surface area contributed by atoms with Gasteiger partial charge in [0.1, 0.15) is 12.2 Å². The van der Waals surface area contributed by atoms with Gasteiger partial charge in [0.25, 0.3) is 11.8 Å². The van der Waals surface area contributed by atoms with Gasteiger partial charge in [0.2, 0.25) is 0 Å². The molecule has 0 N–H and O–H groups in total. The van der Waals surface area contributed by atoms with Gasteiger partial charge >= 0.3 is 6.03 Å². The highest BCUT2D eigenvalue weighted by Gasteiger charge is 2.39. The Morgan fingerprint density at radius 2 is 1.71 bits per heavy atom. The van der Waals surface area contributed by atoms with Crippen LogP contribution in [0.5, 0.6) is 11.5 Å². The molecular weight excluding hydrogens is 420 g/mol. The van der Waals surface area contributed by atoms with Crippen LogP contribution >= 0.6 is 11.6 Å². The molecule has 0 aliphatic carbocycles. The van der Waals surface area contributed by atoms with Crippen LogP contribution in [0.3, 0.4) is 0 Å². The molecule has 162 valence electrons. The Hall–Kier alpha value is -3.32. The molecule has 1 saturated heterocycles. The highest BCUT2D eigenvalue weighted by molar-refractivity contribution is 6.31. The summed E-state index contributed by atoms with van der Waals surface area (Å²) in [5.41, 5.74) is 1.44. The molecule has 1 aliphatic heterocycles. The van der Waals surface area contributed by atoms with Crippen LogP contribution in [-0.4, -0.2) is 48.3 Å². The SMILES string of the molecule is CCCN1C(=O)/C(=C\c2ccc(OCc3ccc(Cl)cc3)c(OC)c2)C(=O)N(C)C1=O. The Bertz CT molecular complexity index is 1030. The maximum Gasteiger partial charge on any atom is 0.333 e. The normalized spacial score (nSPS) is 15.6. The van der Waals surface area contributed by atoms with E-state index in [1.165, 1.54) is 20.2 Å². The zero-order valence-electron chi connectivity index (χ0n) is 17.6. The van der Waals surface area contributed by atoms with E-state index < -0.39 is 17.8 Å². The Morgan fingerprint density at radius 3 is 2.35 bits per heavy atom. The van der Waals surface area contributed by atoms with Crippen LogP contribution in [0, 0.1) is 0 Å². The van der Waals surface area contributed by atoms with Crippen molar-refractivity contribution >= 4 is 35.5 Å². The monoisotopic (exact) mass is 442 g/mol. The van der Waals surface area contributed by atoms with Crippen molar-refractivity contribution in [1.29, 1.82) is 0 Å². The Morgan fingerprint density at radius 1 is 1.00 bits per heavy atom. The van der Waals surface area contributed by atoms with Gasteiger partial charge in [-0.2, -0.15) is 0 Å². The summed E-state index contributed by atoms with van der Waals surface area (Å²) in [5, 5.41) is 0.648. The molecule has 4 amide bonds. The summed E-state index contributed by atoms with van der Waals surface area (Å²) in [6.45, 7) is 2.42. The second kappa shape index (κ2) is 9.66. The van der Waals surface area contributed by atoms with Gasteiger partial charge in [0, 0.05) is 18.6 Å². The van der Waals surface area contributed by atoms with E-state index in [-0.39, 0.29) is 12.1 Å². The van der Waals surface area contributed by atoms with E-state index in [0.717, 1.165) is 15.4 Å². The standard InChI is InChI=1S/C23H23ClN2O5/c1-4-11-26-22(28)18(21(27)25(2)23(26)29)12-16-7-10-19(20(13-16)30-3)31-14-15-5-8-17(24)9-6-15/h5-10,12-13H,4,11,14H2,1-3H3/b18-12-. The number of benzene rings is 2. The first-order chi connectivity index (χ1) is 14.8. The van der Waals surface area contributed by atoms with Gasteiger partial charge in [-0.05, 0) is 47.9 Å². The second-order valence-corrected chi connectivity index (χ2v) is 7.42. The van der Waals surface area contributed by atoms with Gasteiger partial charge in [-0.25, -0.2) is 4.79 Å². The van der Waals surface area contributed by atoms with Crippen LogP contribution in [0.25, 0.3) is 6.08 Å². The molecule has 3 rings (SSSR count). The average molecular weight is 443 g/mol. The average Bonchev–Trinajstić information content (AvgIpc) is 2.78. The predicted octanol–water partition coefficient (Wildman–Crippen LogP) is 4.14. The molecule has 8 heteroatoms. The Balaban J connectivity index is 1.84. The lowest BCUT2D eigenvalue weighted by Crippen LogP contribution is -2.54. The van der Waals surface area contributed by atoms with E-state index in [1.807, 2.05) is 19.1 Å². The molecule has 0 atom stereocenters. The molecule has 0 saturated carbocycles. The molecule has 1 fully saturated rings. The Labute approximate surface area is 185 Å². The van der Waals surface area contributed by atoms with Crippen LogP contribution in [0.15, 0.2) is 48.0 Å². The molecule has 7 nitrogen and oxygen atoms in total. The summed E-state index contributed by atoms with van der Waals surface area (Å²) >= 11 is 5.90. The quantitative estimate of drug-likeness (QED) is 0.475. The molecule has 1 heterocycles. The minimum atomic E-state index is -0.635. The molecule has 0 aromatic heterocycles. The molecule has 2 aromatic rings. The van der Waals surface area contributed by atoms with Crippen molar-refractivity contribution < 1.29 is 23.9 Å². The number of carbonyl (C=O) groups excluding carboxylic acids is 3. The zero-order chi connectivity index (χ0) is 22.5. The van der Waals surface area contributed by atoms with Crippen LogP contribution in [0.1, 0.15) is 24.5 Å². The van der Waals surface area contributed by atoms with Crippen LogP contribution < -0.4 is 9.47 Å². The fraction of sp³-hybridized carbons (Fsp3) is 0.261. The summed E-state index contributed by atoms with van der Waals surface area (Å²) in [4.78, 5) is 39.5. The summed E-state index contributed by atoms with van der Waals surface area (Å²) in [6.07, 6.45) is 2.06. The first-order valence-corrected chi connectivity index (χ1v) is 10.1. The fourth-order valence-corrected chi connectivity index (χ4v) is 3.24. The Kier molecular flexibility index (Phi) is 6.97. The number of urea groups is 1. The third kappa shape index (κ3) is 4.88. The van der Waals surface area contributed by atoms with Crippen LogP contribution in [0.4, 0.5) is 4.79 Å². The molecule has 0 bridgehead atoms. The molecule has 0 spiro atoms. The van der Waals surface area contributed by atoms with Gasteiger partial charge in [0.15, 0.2) is 11.5 Å². The number of carbonyl (C=O) groups is 3. The highest BCUT2D eigenvalue weighted by atomic mass is 35.5. The number of nitrogens with zero attached hydrogens (tertiary/aromatic N) is 2. The fourth-order valence-electron chi connectivity index (χ4n) is 3.12. The summed E-state index contributed by atoms with van der Waals surface area (Å²) in [5.74, 6) is -0.268. The molecular formula is C23H23ClN2O5. The van der Waals surface area contributed by atoms with Crippen molar-refractivity contribution in [1.82, 2.24) is 9.80 Å². The predicted molar refractivity (Wildman–Crippen MR) is 117 cm³/mol. The van der Waals surface area contributed by atoms with Gasteiger partial charge < -0.3 is 9.47 Å². The molecule has 2 aromatic carbocycles.